The van der Waals surface area contributed by atoms with Gasteiger partial charge in [-0.2, -0.15) is 0 Å². The first-order chi connectivity index (χ1) is 8.99. The van der Waals surface area contributed by atoms with Crippen LogP contribution in [0, 0.1) is 6.92 Å². The van der Waals surface area contributed by atoms with Gasteiger partial charge in [-0.05, 0) is 53.5 Å². The quantitative estimate of drug-likeness (QED) is 0.815. The van der Waals surface area contributed by atoms with Gasteiger partial charge in [0.2, 0.25) is 0 Å². The monoisotopic (exact) mass is 263 g/mol. The fourth-order valence-corrected chi connectivity index (χ4v) is 2.67. The molecule has 1 rings (SSSR count). The molecule has 0 aliphatic carbocycles. The second-order valence-electron chi connectivity index (χ2n) is 5.56. The van der Waals surface area contributed by atoms with Gasteiger partial charge < -0.3 is 15.1 Å². The van der Waals surface area contributed by atoms with Gasteiger partial charge in [0, 0.05) is 31.4 Å². The molecule has 0 fully saturated rings. The molecule has 0 amide bonds. The molecule has 0 heterocycles. The Morgan fingerprint density at radius 3 is 2.47 bits per heavy atom. The van der Waals surface area contributed by atoms with Crippen LogP contribution in [0.4, 0.5) is 5.69 Å². The van der Waals surface area contributed by atoms with Crippen LogP contribution in [0.5, 0.6) is 0 Å². The fraction of sp³-hybridized carbons (Fsp3) is 0.625. The second kappa shape index (κ2) is 7.51. The summed E-state index contributed by atoms with van der Waals surface area (Å²) in [6.07, 6.45) is 0. The van der Waals surface area contributed by atoms with Gasteiger partial charge in [0.25, 0.3) is 0 Å². The van der Waals surface area contributed by atoms with E-state index in [-0.39, 0.29) is 0 Å². The highest BCUT2D eigenvalue weighted by Crippen LogP contribution is 2.24. The molecule has 1 atom stereocenters. The van der Waals surface area contributed by atoms with Gasteiger partial charge in [0.05, 0.1) is 0 Å². The lowest BCUT2D eigenvalue weighted by Gasteiger charge is -2.33. The van der Waals surface area contributed by atoms with Crippen molar-refractivity contribution in [3.8, 4) is 0 Å². The summed E-state index contributed by atoms with van der Waals surface area (Å²) in [5.41, 5.74) is 4.07. The maximum absolute atomic E-state index is 3.27. The van der Waals surface area contributed by atoms with Crippen LogP contribution < -0.4 is 10.2 Å². The van der Waals surface area contributed by atoms with E-state index >= 15 is 0 Å². The van der Waals surface area contributed by atoms with Crippen LogP contribution in [-0.4, -0.2) is 45.2 Å². The van der Waals surface area contributed by atoms with Crippen molar-refractivity contribution < 1.29 is 0 Å². The molecule has 1 aromatic rings. The van der Waals surface area contributed by atoms with E-state index in [0.717, 1.165) is 19.6 Å². The Kier molecular flexibility index (Phi) is 6.32. The highest BCUT2D eigenvalue weighted by atomic mass is 15.2. The average molecular weight is 263 g/mol. The molecule has 0 aliphatic rings. The summed E-state index contributed by atoms with van der Waals surface area (Å²) in [6, 6.07) is 7.27. The van der Waals surface area contributed by atoms with Crippen LogP contribution in [0.3, 0.4) is 0 Å². The van der Waals surface area contributed by atoms with Crippen molar-refractivity contribution in [3.63, 3.8) is 0 Å². The molecule has 108 valence electrons. The number of nitrogens with one attached hydrogen (secondary N) is 1. The van der Waals surface area contributed by atoms with Crippen LogP contribution in [0.25, 0.3) is 0 Å². The number of aryl methyl sites for hydroxylation is 1. The minimum Gasteiger partial charge on any atom is -0.368 e. The third-order valence-corrected chi connectivity index (χ3v) is 3.41. The summed E-state index contributed by atoms with van der Waals surface area (Å²) in [5, 5.41) is 3.27. The maximum Gasteiger partial charge on any atom is 0.0414 e. The Morgan fingerprint density at radius 1 is 1.26 bits per heavy atom. The molecule has 1 aromatic carbocycles. The van der Waals surface area contributed by atoms with E-state index in [0.29, 0.717) is 6.04 Å². The largest absolute Gasteiger partial charge is 0.368 e. The Bertz CT molecular complexity index is 388. The molecule has 19 heavy (non-hydrogen) atoms. The molecule has 0 bridgehead atoms. The van der Waals surface area contributed by atoms with Gasteiger partial charge in [-0.3, -0.25) is 0 Å². The minimum absolute atomic E-state index is 0.512. The molecule has 0 radical (unpaired) electrons. The Labute approximate surface area is 118 Å². The molecule has 0 aromatic heterocycles. The van der Waals surface area contributed by atoms with E-state index in [2.05, 4.69) is 68.2 Å². The van der Waals surface area contributed by atoms with Crippen molar-refractivity contribution in [2.75, 3.05) is 39.1 Å². The van der Waals surface area contributed by atoms with E-state index in [9.17, 15) is 0 Å². The molecule has 0 aliphatic heterocycles. The minimum atomic E-state index is 0.512. The van der Waals surface area contributed by atoms with Gasteiger partial charge in [-0.1, -0.05) is 17.7 Å². The average Bonchev–Trinajstić information content (AvgIpc) is 2.32. The van der Waals surface area contributed by atoms with Crippen molar-refractivity contribution >= 4 is 5.69 Å². The maximum atomic E-state index is 3.27. The molecular weight excluding hydrogens is 234 g/mol. The predicted octanol–water partition coefficient (Wildman–Crippen LogP) is 2.49. The third kappa shape index (κ3) is 4.51. The van der Waals surface area contributed by atoms with Gasteiger partial charge in [0.15, 0.2) is 0 Å². The smallest absolute Gasteiger partial charge is 0.0414 e. The molecule has 3 heteroatoms. The lowest BCUT2D eigenvalue weighted by molar-refractivity contribution is 0.372. The second-order valence-corrected chi connectivity index (χ2v) is 5.56. The number of hydrogen-bond donors (Lipinski definition) is 1. The number of rotatable bonds is 7. The normalized spacial score (nSPS) is 12.8. The Morgan fingerprint density at radius 2 is 1.95 bits per heavy atom. The van der Waals surface area contributed by atoms with E-state index in [4.69, 9.17) is 0 Å². The summed E-state index contributed by atoms with van der Waals surface area (Å²) in [4.78, 5) is 4.74. The van der Waals surface area contributed by atoms with Crippen LogP contribution in [-0.2, 0) is 6.54 Å². The van der Waals surface area contributed by atoms with Gasteiger partial charge in [0.1, 0.15) is 0 Å². The zero-order valence-corrected chi connectivity index (χ0v) is 13.3. The van der Waals surface area contributed by atoms with Gasteiger partial charge in [-0.15, -0.1) is 0 Å². The molecule has 0 spiro atoms. The van der Waals surface area contributed by atoms with Crippen LogP contribution >= 0.6 is 0 Å². The van der Waals surface area contributed by atoms with Crippen LogP contribution in [0.15, 0.2) is 18.2 Å². The zero-order chi connectivity index (χ0) is 14.4. The Hall–Kier alpha value is -1.06. The number of anilines is 1. The van der Waals surface area contributed by atoms with Gasteiger partial charge >= 0.3 is 0 Å². The van der Waals surface area contributed by atoms with Crippen molar-refractivity contribution in [3.05, 3.63) is 29.3 Å². The predicted molar refractivity (Wildman–Crippen MR) is 85.0 cm³/mol. The van der Waals surface area contributed by atoms with Gasteiger partial charge in [-0.25, -0.2) is 0 Å². The highest BCUT2D eigenvalue weighted by Gasteiger charge is 2.16. The summed E-state index contributed by atoms with van der Waals surface area (Å²) in [7, 11) is 6.27. The molecule has 3 nitrogen and oxygen atoms in total. The summed E-state index contributed by atoms with van der Waals surface area (Å²) in [6.45, 7) is 9.71. The SMILES string of the molecule is CCN(c1ccc(C)cc1CNC)C(C)CN(C)C. The van der Waals surface area contributed by atoms with E-state index in [1.807, 2.05) is 7.05 Å². The lowest BCUT2D eigenvalue weighted by Crippen LogP contribution is -2.40. The fourth-order valence-electron chi connectivity index (χ4n) is 2.67. The topological polar surface area (TPSA) is 18.5 Å². The van der Waals surface area contributed by atoms with E-state index in [1.54, 1.807) is 0 Å². The first-order valence-electron chi connectivity index (χ1n) is 7.15. The molecule has 1 N–H and O–H groups in total. The van der Waals surface area contributed by atoms with Crippen molar-refractivity contribution in [2.45, 2.75) is 33.4 Å². The summed E-state index contributed by atoms with van der Waals surface area (Å²) >= 11 is 0. The van der Waals surface area contributed by atoms with E-state index in [1.165, 1.54) is 16.8 Å². The Balaban J connectivity index is 3.02. The van der Waals surface area contributed by atoms with Crippen LogP contribution in [0.2, 0.25) is 0 Å². The first-order valence-corrected chi connectivity index (χ1v) is 7.15. The number of likely N-dealkylation sites (N-methyl/N-ethyl adjacent to an activating group) is 2. The summed E-state index contributed by atoms with van der Waals surface area (Å²) < 4.78 is 0. The highest BCUT2D eigenvalue weighted by molar-refractivity contribution is 5.55. The standard InChI is InChI=1S/C16H29N3/c1-7-19(14(3)12-18(5)6)16-9-8-13(2)10-15(16)11-17-4/h8-10,14,17H,7,11-12H2,1-6H3. The molecule has 0 saturated heterocycles. The number of nitrogens with zero attached hydrogens (tertiary/aromatic N) is 2. The number of benzene rings is 1. The molecular formula is C16H29N3. The van der Waals surface area contributed by atoms with Crippen molar-refractivity contribution in [1.82, 2.24) is 10.2 Å². The van der Waals surface area contributed by atoms with E-state index < -0.39 is 0 Å². The summed E-state index contributed by atoms with van der Waals surface area (Å²) in [5.74, 6) is 0. The zero-order valence-electron chi connectivity index (χ0n) is 13.3. The molecule has 0 saturated carbocycles. The van der Waals surface area contributed by atoms with Crippen LogP contribution in [0.1, 0.15) is 25.0 Å². The van der Waals surface area contributed by atoms with Crippen molar-refractivity contribution in [1.29, 1.82) is 0 Å². The lowest BCUT2D eigenvalue weighted by atomic mass is 10.1. The molecule has 1 unspecified atom stereocenters. The first kappa shape index (κ1) is 16.0. The third-order valence-electron chi connectivity index (χ3n) is 3.41. The number of hydrogen-bond acceptors (Lipinski definition) is 3. The van der Waals surface area contributed by atoms with Crippen molar-refractivity contribution in [2.24, 2.45) is 0 Å².